The molecule has 8 heteroatoms. The van der Waals surface area contributed by atoms with Crippen molar-refractivity contribution < 1.29 is 13.6 Å². The fourth-order valence-electron chi connectivity index (χ4n) is 2.50. The monoisotopic (exact) mass is 388 g/mol. The molecular weight excluding hydrogens is 370 g/mol. The number of hydrogen-bond donors (Lipinski definition) is 1. The molecule has 0 fully saturated rings. The normalized spacial score (nSPS) is 10.8. The van der Waals surface area contributed by atoms with E-state index in [0.717, 1.165) is 5.56 Å². The van der Waals surface area contributed by atoms with Gasteiger partial charge in [0.2, 0.25) is 0 Å². The number of thioether (sulfide) groups is 1. The Labute approximate surface area is 159 Å². The zero-order valence-electron chi connectivity index (χ0n) is 14.7. The minimum Gasteiger partial charge on any atom is -0.345 e. The minimum absolute atomic E-state index is 0.00836. The van der Waals surface area contributed by atoms with Crippen LogP contribution in [0.2, 0.25) is 0 Å². The van der Waals surface area contributed by atoms with Crippen molar-refractivity contribution in [3.05, 3.63) is 77.1 Å². The van der Waals surface area contributed by atoms with Gasteiger partial charge in [-0.05, 0) is 36.8 Å². The van der Waals surface area contributed by atoms with Crippen LogP contribution in [0.3, 0.4) is 0 Å². The van der Waals surface area contributed by atoms with Crippen LogP contribution in [0.4, 0.5) is 8.78 Å². The van der Waals surface area contributed by atoms with E-state index in [1.165, 1.54) is 42.1 Å². The summed E-state index contributed by atoms with van der Waals surface area (Å²) in [5.74, 6) is -0.126. The van der Waals surface area contributed by atoms with Crippen molar-refractivity contribution in [2.45, 2.75) is 30.9 Å². The summed E-state index contributed by atoms with van der Waals surface area (Å²) in [4.78, 5) is 12.1. The van der Waals surface area contributed by atoms with Gasteiger partial charge in [0.25, 0.3) is 5.91 Å². The lowest BCUT2D eigenvalue weighted by Gasteiger charge is -2.09. The van der Waals surface area contributed by atoms with Crippen molar-refractivity contribution in [2.75, 3.05) is 0 Å². The molecule has 2 aromatic carbocycles. The third-order valence-corrected chi connectivity index (χ3v) is 4.95. The van der Waals surface area contributed by atoms with Gasteiger partial charge in [0.15, 0.2) is 11.0 Å². The van der Waals surface area contributed by atoms with E-state index in [0.29, 0.717) is 23.3 Å². The third-order valence-electron chi connectivity index (χ3n) is 3.92. The molecule has 3 aromatic rings. The number of carbonyl (C=O) groups excluding carboxylic acids is 1. The maximum absolute atomic E-state index is 13.7. The van der Waals surface area contributed by atoms with Gasteiger partial charge >= 0.3 is 0 Å². The second-order valence-electron chi connectivity index (χ2n) is 5.72. The highest BCUT2D eigenvalue weighted by atomic mass is 32.2. The summed E-state index contributed by atoms with van der Waals surface area (Å²) < 4.78 is 28.5. The average molecular weight is 388 g/mol. The molecule has 0 aliphatic rings. The molecule has 1 heterocycles. The van der Waals surface area contributed by atoms with Crippen LogP contribution in [0.25, 0.3) is 0 Å². The van der Waals surface area contributed by atoms with E-state index < -0.39 is 11.7 Å². The molecule has 0 unspecified atom stereocenters. The van der Waals surface area contributed by atoms with Gasteiger partial charge < -0.3 is 9.88 Å². The van der Waals surface area contributed by atoms with Gasteiger partial charge in [0, 0.05) is 12.3 Å². The standard InChI is InChI=1S/C19H18F2N4OS/c1-2-25-17(11-22-18(26)15-5-3-4-6-16(15)21)23-24-19(25)27-12-13-7-9-14(20)10-8-13/h3-10H,2,11-12H2,1H3,(H,22,26). The van der Waals surface area contributed by atoms with Crippen LogP contribution in [0.5, 0.6) is 0 Å². The van der Waals surface area contributed by atoms with E-state index in [9.17, 15) is 13.6 Å². The highest BCUT2D eigenvalue weighted by Gasteiger charge is 2.15. The molecule has 0 bridgehead atoms. The number of aromatic nitrogens is 3. The number of halogens is 2. The molecule has 0 aliphatic carbocycles. The third kappa shape index (κ3) is 4.71. The Morgan fingerprint density at radius 2 is 1.85 bits per heavy atom. The van der Waals surface area contributed by atoms with Crippen LogP contribution in [0, 0.1) is 11.6 Å². The van der Waals surface area contributed by atoms with E-state index in [1.54, 1.807) is 18.2 Å². The van der Waals surface area contributed by atoms with Crippen molar-refractivity contribution in [1.82, 2.24) is 20.1 Å². The number of nitrogens with one attached hydrogen (secondary N) is 1. The number of rotatable bonds is 7. The fraction of sp³-hybridized carbons (Fsp3) is 0.211. The van der Waals surface area contributed by atoms with Gasteiger partial charge in [-0.25, -0.2) is 8.78 Å². The molecule has 1 amide bonds. The minimum atomic E-state index is -0.567. The molecule has 0 aliphatic heterocycles. The number of benzene rings is 2. The Kier molecular flexibility index (Phi) is 6.18. The number of amides is 1. The summed E-state index contributed by atoms with van der Waals surface area (Å²) in [5, 5.41) is 11.7. The Hall–Kier alpha value is -2.74. The molecular formula is C19H18F2N4OS. The molecule has 0 atom stereocenters. The number of carbonyl (C=O) groups is 1. The molecule has 140 valence electrons. The predicted molar refractivity (Wildman–Crippen MR) is 99.2 cm³/mol. The summed E-state index contributed by atoms with van der Waals surface area (Å²) in [5.41, 5.74) is 0.965. The molecule has 0 saturated heterocycles. The quantitative estimate of drug-likeness (QED) is 0.626. The lowest BCUT2D eigenvalue weighted by Crippen LogP contribution is -2.25. The zero-order valence-corrected chi connectivity index (χ0v) is 15.5. The Balaban J connectivity index is 1.64. The lowest BCUT2D eigenvalue weighted by atomic mass is 10.2. The number of hydrogen-bond acceptors (Lipinski definition) is 4. The highest BCUT2D eigenvalue weighted by Crippen LogP contribution is 2.22. The van der Waals surface area contributed by atoms with Crippen LogP contribution in [0.15, 0.2) is 53.7 Å². The smallest absolute Gasteiger partial charge is 0.254 e. The molecule has 0 saturated carbocycles. The van der Waals surface area contributed by atoms with Gasteiger partial charge in [-0.2, -0.15) is 0 Å². The predicted octanol–water partition coefficient (Wildman–Crippen LogP) is 3.80. The fourth-order valence-corrected chi connectivity index (χ4v) is 3.48. The molecule has 0 radical (unpaired) electrons. The van der Waals surface area contributed by atoms with E-state index in [-0.39, 0.29) is 17.9 Å². The van der Waals surface area contributed by atoms with Crippen molar-refractivity contribution in [3.8, 4) is 0 Å². The second-order valence-corrected chi connectivity index (χ2v) is 6.66. The SMILES string of the molecule is CCn1c(CNC(=O)c2ccccc2F)nnc1SCc1ccc(F)cc1. The molecule has 5 nitrogen and oxygen atoms in total. The maximum atomic E-state index is 13.7. The van der Waals surface area contributed by atoms with Crippen LogP contribution >= 0.6 is 11.8 Å². The number of nitrogens with zero attached hydrogens (tertiary/aromatic N) is 3. The molecule has 27 heavy (non-hydrogen) atoms. The Morgan fingerprint density at radius 1 is 1.11 bits per heavy atom. The first kappa shape index (κ1) is 19.0. The molecule has 0 spiro atoms. The van der Waals surface area contributed by atoms with Gasteiger partial charge in [-0.15, -0.1) is 10.2 Å². The van der Waals surface area contributed by atoms with Crippen LogP contribution < -0.4 is 5.32 Å². The summed E-state index contributed by atoms with van der Waals surface area (Å²) in [6.07, 6.45) is 0. The average Bonchev–Trinajstić information content (AvgIpc) is 3.08. The lowest BCUT2D eigenvalue weighted by molar-refractivity contribution is 0.0945. The second kappa shape index (κ2) is 8.77. The molecule has 1 aromatic heterocycles. The van der Waals surface area contributed by atoms with Crippen LogP contribution in [-0.2, 0) is 18.8 Å². The van der Waals surface area contributed by atoms with Gasteiger partial charge in [0.1, 0.15) is 11.6 Å². The maximum Gasteiger partial charge on any atom is 0.254 e. The van der Waals surface area contributed by atoms with Crippen LogP contribution in [-0.4, -0.2) is 20.7 Å². The Morgan fingerprint density at radius 3 is 2.56 bits per heavy atom. The van der Waals surface area contributed by atoms with Gasteiger partial charge in [0.05, 0.1) is 12.1 Å². The first-order chi connectivity index (χ1) is 13.1. The van der Waals surface area contributed by atoms with E-state index in [2.05, 4.69) is 15.5 Å². The molecule has 3 rings (SSSR count). The summed E-state index contributed by atoms with van der Waals surface area (Å²) in [6, 6.07) is 12.1. The molecule has 1 N–H and O–H groups in total. The van der Waals surface area contributed by atoms with E-state index >= 15 is 0 Å². The van der Waals surface area contributed by atoms with Gasteiger partial charge in [-0.1, -0.05) is 36.0 Å². The topological polar surface area (TPSA) is 59.8 Å². The summed E-state index contributed by atoms with van der Waals surface area (Å²) in [7, 11) is 0. The van der Waals surface area contributed by atoms with Crippen molar-refractivity contribution in [3.63, 3.8) is 0 Å². The Bertz CT molecular complexity index is 928. The van der Waals surface area contributed by atoms with Gasteiger partial charge in [-0.3, -0.25) is 4.79 Å². The first-order valence-electron chi connectivity index (χ1n) is 8.40. The zero-order chi connectivity index (χ0) is 19.2. The van der Waals surface area contributed by atoms with Crippen LogP contribution in [0.1, 0.15) is 28.7 Å². The first-order valence-corrected chi connectivity index (χ1v) is 9.39. The largest absolute Gasteiger partial charge is 0.345 e. The van der Waals surface area contributed by atoms with E-state index in [4.69, 9.17) is 0 Å². The van der Waals surface area contributed by atoms with E-state index in [1.807, 2.05) is 11.5 Å². The van der Waals surface area contributed by atoms with Crippen molar-refractivity contribution in [2.24, 2.45) is 0 Å². The van der Waals surface area contributed by atoms with Crippen molar-refractivity contribution in [1.29, 1.82) is 0 Å². The van der Waals surface area contributed by atoms with Crippen molar-refractivity contribution >= 4 is 17.7 Å². The summed E-state index contributed by atoms with van der Waals surface area (Å²) >= 11 is 1.48. The highest BCUT2D eigenvalue weighted by molar-refractivity contribution is 7.98. The summed E-state index contributed by atoms with van der Waals surface area (Å²) in [6.45, 7) is 2.72.